The van der Waals surface area contributed by atoms with Crippen LogP contribution in [0.25, 0.3) is 10.9 Å². The summed E-state index contributed by atoms with van der Waals surface area (Å²) in [5.74, 6) is -2.00. The number of piperidine rings is 1. The van der Waals surface area contributed by atoms with Crippen LogP contribution < -0.4 is 0 Å². The van der Waals surface area contributed by atoms with Gasteiger partial charge in [-0.25, -0.2) is 0 Å². The van der Waals surface area contributed by atoms with Gasteiger partial charge in [-0.15, -0.1) is 0 Å². The summed E-state index contributed by atoms with van der Waals surface area (Å²) in [6, 6.07) is 21.4. The van der Waals surface area contributed by atoms with Gasteiger partial charge in [0.05, 0.1) is 25.6 Å². The lowest BCUT2D eigenvalue weighted by molar-refractivity contribution is -0.163. The third-order valence-corrected chi connectivity index (χ3v) is 8.13. The number of ether oxygens (including phenoxy) is 2. The number of para-hydroxylation sites is 1. The highest BCUT2D eigenvalue weighted by Gasteiger charge is 2.45. The molecular formula is C26H28N2O4S. The highest BCUT2D eigenvalue weighted by atomic mass is 32.2. The number of carbonyl (C=O) groups is 2. The molecule has 1 fully saturated rings. The fraction of sp³-hybridized carbons (Fsp3) is 0.385. The van der Waals surface area contributed by atoms with Gasteiger partial charge in [-0.1, -0.05) is 48.2 Å². The number of aromatic nitrogens is 1. The molecule has 2 aliphatic rings. The highest BCUT2D eigenvalue weighted by Crippen LogP contribution is 2.48. The highest BCUT2D eigenvalue weighted by molar-refractivity contribution is 7.99. The predicted octanol–water partition coefficient (Wildman–Crippen LogP) is 4.66. The maximum atomic E-state index is 12.5. The van der Waals surface area contributed by atoms with Crippen molar-refractivity contribution in [3.63, 3.8) is 0 Å². The van der Waals surface area contributed by atoms with Crippen LogP contribution in [-0.4, -0.2) is 48.7 Å². The second kappa shape index (κ2) is 9.23. The molecule has 1 aromatic heterocycles. The number of hydrogen-bond donors (Lipinski definition) is 0. The van der Waals surface area contributed by atoms with E-state index >= 15 is 0 Å². The van der Waals surface area contributed by atoms with Crippen LogP contribution in [0.5, 0.6) is 0 Å². The zero-order chi connectivity index (χ0) is 22.9. The van der Waals surface area contributed by atoms with Crippen molar-refractivity contribution < 1.29 is 19.1 Å². The zero-order valence-electron chi connectivity index (χ0n) is 18.8. The first kappa shape index (κ1) is 22.0. The average Bonchev–Trinajstić information content (AvgIpc) is 3.25. The molecule has 1 saturated heterocycles. The van der Waals surface area contributed by atoms with Gasteiger partial charge in [0.15, 0.2) is 5.92 Å². The molecule has 172 valence electrons. The SMILES string of the molecule is COC(=O)C(C(=O)OC)[C@@H]1CCN2C[C@H](Sc3ccccc3)n3c(cc4ccccc43)[C@@H]2C1. The number of methoxy groups -OCH3 is 2. The Hall–Kier alpha value is -2.77. The minimum atomic E-state index is -0.878. The number of fused-ring (bicyclic) bond motifs is 5. The molecule has 6 nitrogen and oxygen atoms in total. The van der Waals surface area contributed by atoms with E-state index in [0.717, 1.165) is 19.5 Å². The van der Waals surface area contributed by atoms with E-state index in [1.807, 2.05) is 17.8 Å². The van der Waals surface area contributed by atoms with Gasteiger partial charge < -0.3 is 14.0 Å². The zero-order valence-corrected chi connectivity index (χ0v) is 19.7. The molecule has 7 heteroatoms. The first-order valence-electron chi connectivity index (χ1n) is 11.3. The van der Waals surface area contributed by atoms with Crippen LogP contribution in [0.3, 0.4) is 0 Å². The average molecular weight is 465 g/mol. The van der Waals surface area contributed by atoms with Crippen LogP contribution in [0, 0.1) is 11.8 Å². The summed E-state index contributed by atoms with van der Waals surface area (Å²) in [6.45, 7) is 1.73. The Balaban J connectivity index is 1.52. The molecule has 2 aromatic carbocycles. The molecule has 0 spiro atoms. The van der Waals surface area contributed by atoms with E-state index in [0.29, 0.717) is 6.42 Å². The predicted molar refractivity (Wildman–Crippen MR) is 128 cm³/mol. The molecule has 0 N–H and O–H groups in total. The fourth-order valence-electron chi connectivity index (χ4n) is 5.41. The molecular weight excluding hydrogens is 436 g/mol. The molecule has 0 saturated carbocycles. The van der Waals surface area contributed by atoms with Crippen LogP contribution >= 0.6 is 11.8 Å². The monoisotopic (exact) mass is 464 g/mol. The number of nitrogens with zero attached hydrogens (tertiary/aromatic N) is 2. The second-order valence-corrected chi connectivity index (χ2v) is 9.95. The van der Waals surface area contributed by atoms with Crippen molar-refractivity contribution in [3.05, 3.63) is 66.4 Å². The molecule has 2 aliphatic heterocycles. The summed E-state index contributed by atoms with van der Waals surface area (Å²) in [5.41, 5.74) is 2.47. The quantitative estimate of drug-likeness (QED) is 0.404. The van der Waals surface area contributed by atoms with Crippen LogP contribution in [0.2, 0.25) is 0 Å². The van der Waals surface area contributed by atoms with Crippen molar-refractivity contribution >= 4 is 34.6 Å². The van der Waals surface area contributed by atoms with E-state index in [2.05, 4.69) is 64.1 Å². The van der Waals surface area contributed by atoms with Gasteiger partial charge in [-0.2, -0.15) is 0 Å². The van der Waals surface area contributed by atoms with E-state index in [4.69, 9.17) is 9.47 Å². The van der Waals surface area contributed by atoms with E-state index in [-0.39, 0.29) is 17.3 Å². The molecule has 0 unspecified atom stereocenters. The molecule has 0 radical (unpaired) electrons. The van der Waals surface area contributed by atoms with Crippen molar-refractivity contribution in [1.29, 1.82) is 0 Å². The van der Waals surface area contributed by atoms with E-state index < -0.39 is 17.9 Å². The number of thioether (sulfide) groups is 1. The molecule has 33 heavy (non-hydrogen) atoms. The molecule has 3 atom stereocenters. The van der Waals surface area contributed by atoms with Gasteiger partial charge in [-0.05, 0) is 55.0 Å². The number of rotatable bonds is 5. The van der Waals surface area contributed by atoms with Crippen molar-refractivity contribution in [2.75, 3.05) is 27.3 Å². The maximum Gasteiger partial charge on any atom is 0.320 e. The van der Waals surface area contributed by atoms with Crippen molar-refractivity contribution in [3.8, 4) is 0 Å². The Morgan fingerprint density at radius 3 is 2.42 bits per heavy atom. The normalized spacial score (nSPS) is 22.6. The summed E-state index contributed by atoms with van der Waals surface area (Å²) >= 11 is 1.88. The minimum Gasteiger partial charge on any atom is -0.468 e. The van der Waals surface area contributed by atoms with Crippen molar-refractivity contribution in [2.24, 2.45) is 11.8 Å². The van der Waals surface area contributed by atoms with Crippen LogP contribution in [0.4, 0.5) is 0 Å². The lowest BCUT2D eigenvalue weighted by Gasteiger charge is -2.46. The van der Waals surface area contributed by atoms with E-state index in [9.17, 15) is 9.59 Å². The Morgan fingerprint density at radius 2 is 1.70 bits per heavy atom. The van der Waals surface area contributed by atoms with E-state index in [1.54, 1.807) is 0 Å². The first-order chi connectivity index (χ1) is 16.1. The van der Waals surface area contributed by atoms with Crippen LogP contribution in [0.1, 0.15) is 30.0 Å². The summed E-state index contributed by atoms with van der Waals surface area (Å²) in [5, 5.41) is 1.46. The second-order valence-electron chi connectivity index (χ2n) is 8.70. The molecule has 3 aromatic rings. The molecule has 3 heterocycles. The Kier molecular flexibility index (Phi) is 6.17. The minimum absolute atomic E-state index is 0.115. The summed E-state index contributed by atoms with van der Waals surface area (Å²) in [4.78, 5) is 28.7. The summed E-state index contributed by atoms with van der Waals surface area (Å²) < 4.78 is 12.4. The first-order valence-corrected chi connectivity index (χ1v) is 12.2. The molecule has 0 aliphatic carbocycles. The number of hydrogen-bond acceptors (Lipinski definition) is 6. The lowest BCUT2D eigenvalue weighted by atomic mass is 9.79. The van der Waals surface area contributed by atoms with Gasteiger partial charge in [0.2, 0.25) is 0 Å². The molecule has 5 rings (SSSR count). The fourth-order valence-corrected chi connectivity index (χ4v) is 6.64. The topological polar surface area (TPSA) is 60.8 Å². The van der Waals surface area contributed by atoms with Crippen LogP contribution in [-0.2, 0) is 19.1 Å². The smallest absolute Gasteiger partial charge is 0.320 e. The Morgan fingerprint density at radius 1 is 1.00 bits per heavy atom. The van der Waals surface area contributed by atoms with Gasteiger partial charge >= 0.3 is 11.9 Å². The Bertz CT molecular complexity index is 1150. The third kappa shape index (κ3) is 4.04. The van der Waals surface area contributed by atoms with Crippen molar-refractivity contribution in [2.45, 2.75) is 29.2 Å². The number of esters is 2. The molecule has 0 bridgehead atoms. The van der Waals surface area contributed by atoms with Crippen LogP contribution in [0.15, 0.2) is 65.6 Å². The van der Waals surface area contributed by atoms with Gasteiger partial charge in [0.25, 0.3) is 0 Å². The largest absolute Gasteiger partial charge is 0.468 e. The van der Waals surface area contributed by atoms with Crippen molar-refractivity contribution in [1.82, 2.24) is 9.47 Å². The lowest BCUT2D eigenvalue weighted by Crippen LogP contribution is -2.47. The standard InChI is InChI=1S/C26H28N2O4S/c1-31-25(29)24(26(30)32-2)18-12-13-27-16-23(33-19-9-4-3-5-10-19)28-20-11-7-6-8-17(20)14-22(28)21(27)15-18/h3-11,14,18,21,23-24H,12-13,15-16H2,1-2H3/t18-,21+,23+/m1/s1. The number of carbonyl (C=O) groups excluding carboxylic acids is 2. The summed E-state index contributed by atoms with van der Waals surface area (Å²) in [7, 11) is 2.66. The number of benzene rings is 2. The molecule has 0 amide bonds. The maximum absolute atomic E-state index is 12.5. The van der Waals surface area contributed by atoms with Gasteiger partial charge in [0, 0.05) is 22.7 Å². The van der Waals surface area contributed by atoms with E-state index in [1.165, 1.54) is 35.7 Å². The Labute approximate surface area is 197 Å². The van der Waals surface area contributed by atoms with Gasteiger partial charge in [-0.3, -0.25) is 14.5 Å². The third-order valence-electron chi connectivity index (χ3n) is 6.95. The summed E-state index contributed by atoms with van der Waals surface area (Å²) in [6.07, 6.45) is 1.47. The van der Waals surface area contributed by atoms with Gasteiger partial charge in [0.1, 0.15) is 0 Å².